The van der Waals surface area contributed by atoms with Crippen LogP contribution in [0.2, 0.25) is 0 Å². The zero-order valence-electron chi connectivity index (χ0n) is 11.4. The Morgan fingerprint density at radius 2 is 2.05 bits per heavy atom. The van der Waals surface area contributed by atoms with Crippen molar-refractivity contribution in [3.8, 4) is 0 Å². The lowest BCUT2D eigenvalue weighted by molar-refractivity contribution is -0.144. The Morgan fingerprint density at radius 1 is 1.30 bits per heavy atom. The standard InChI is InChI=1S/C15H20N2O3/c16-20-14-10-19-13(12-4-2-1-3-5-12)9-17(15(14)18)8-11-6-7-11/h1-5,11,13-14H,6-10,16H2/t13-,14-/m1/s1. The average molecular weight is 276 g/mol. The molecule has 1 aliphatic carbocycles. The van der Waals surface area contributed by atoms with E-state index in [9.17, 15) is 4.79 Å². The molecule has 1 amide bonds. The van der Waals surface area contributed by atoms with E-state index in [0.717, 1.165) is 12.1 Å². The second-order valence-electron chi connectivity index (χ2n) is 5.54. The third kappa shape index (κ3) is 3.00. The van der Waals surface area contributed by atoms with Crippen molar-refractivity contribution in [3.63, 3.8) is 0 Å². The normalized spacial score (nSPS) is 27.4. The van der Waals surface area contributed by atoms with Gasteiger partial charge in [0.25, 0.3) is 5.91 Å². The molecule has 5 nitrogen and oxygen atoms in total. The fraction of sp³-hybridized carbons (Fsp3) is 0.533. The van der Waals surface area contributed by atoms with Gasteiger partial charge < -0.3 is 9.64 Å². The van der Waals surface area contributed by atoms with E-state index in [1.165, 1.54) is 12.8 Å². The van der Waals surface area contributed by atoms with Crippen molar-refractivity contribution >= 4 is 5.91 Å². The van der Waals surface area contributed by atoms with E-state index in [-0.39, 0.29) is 18.6 Å². The van der Waals surface area contributed by atoms with Crippen molar-refractivity contribution in [3.05, 3.63) is 35.9 Å². The van der Waals surface area contributed by atoms with E-state index >= 15 is 0 Å². The molecule has 1 aliphatic heterocycles. The summed E-state index contributed by atoms with van der Waals surface area (Å²) in [5, 5.41) is 0. The maximum Gasteiger partial charge on any atom is 0.256 e. The molecule has 20 heavy (non-hydrogen) atoms. The molecule has 3 rings (SSSR count). The Kier molecular flexibility index (Phi) is 4.00. The van der Waals surface area contributed by atoms with Gasteiger partial charge in [-0.25, -0.2) is 5.90 Å². The number of nitrogens with zero attached hydrogens (tertiary/aromatic N) is 1. The monoisotopic (exact) mass is 276 g/mol. The van der Waals surface area contributed by atoms with Crippen LogP contribution in [-0.2, 0) is 14.4 Å². The summed E-state index contributed by atoms with van der Waals surface area (Å²) in [5.74, 6) is 5.80. The lowest BCUT2D eigenvalue weighted by Crippen LogP contribution is -2.43. The molecule has 1 aromatic carbocycles. The lowest BCUT2D eigenvalue weighted by Gasteiger charge is -2.25. The van der Waals surface area contributed by atoms with Gasteiger partial charge in [0.15, 0.2) is 6.10 Å². The fourth-order valence-electron chi connectivity index (χ4n) is 2.56. The SMILES string of the molecule is NO[C@@H]1CO[C@@H](c2ccccc2)CN(CC2CC2)C1=O. The third-order valence-corrected chi connectivity index (χ3v) is 3.93. The van der Waals surface area contributed by atoms with Crippen LogP contribution in [0.15, 0.2) is 30.3 Å². The van der Waals surface area contributed by atoms with Crippen LogP contribution in [-0.4, -0.2) is 36.6 Å². The summed E-state index contributed by atoms with van der Waals surface area (Å²) in [6.07, 6.45) is 1.60. The molecule has 2 fully saturated rings. The molecule has 0 radical (unpaired) electrons. The first-order valence-electron chi connectivity index (χ1n) is 7.09. The zero-order chi connectivity index (χ0) is 13.9. The van der Waals surface area contributed by atoms with Crippen LogP contribution in [0.4, 0.5) is 0 Å². The molecule has 5 heteroatoms. The molecule has 2 N–H and O–H groups in total. The summed E-state index contributed by atoms with van der Waals surface area (Å²) < 4.78 is 5.83. The van der Waals surface area contributed by atoms with Gasteiger partial charge in [-0.1, -0.05) is 30.3 Å². The Balaban J connectivity index is 1.77. The number of benzene rings is 1. The summed E-state index contributed by atoms with van der Waals surface area (Å²) >= 11 is 0. The van der Waals surface area contributed by atoms with E-state index in [4.69, 9.17) is 15.5 Å². The first kappa shape index (κ1) is 13.5. The summed E-state index contributed by atoms with van der Waals surface area (Å²) in [6, 6.07) is 9.97. The summed E-state index contributed by atoms with van der Waals surface area (Å²) in [4.78, 5) is 19.0. The van der Waals surface area contributed by atoms with Gasteiger partial charge in [0.05, 0.1) is 13.2 Å². The van der Waals surface area contributed by atoms with Crippen molar-refractivity contribution in [1.82, 2.24) is 4.90 Å². The van der Waals surface area contributed by atoms with Crippen molar-refractivity contribution in [2.75, 3.05) is 19.7 Å². The number of hydrogen-bond acceptors (Lipinski definition) is 4. The molecule has 0 aromatic heterocycles. The Hall–Kier alpha value is -1.43. The minimum Gasteiger partial charge on any atom is -0.368 e. The van der Waals surface area contributed by atoms with Crippen LogP contribution in [0.3, 0.4) is 0 Å². The Bertz CT molecular complexity index is 461. The largest absolute Gasteiger partial charge is 0.368 e. The number of amides is 1. The fourth-order valence-corrected chi connectivity index (χ4v) is 2.56. The third-order valence-electron chi connectivity index (χ3n) is 3.93. The molecule has 0 unspecified atom stereocenters. The number of ether oxygens (including phenoxy) is 1. The van der Waals surface area contributed by atoms with Crippen LogP contribution in [0.1, 0.15) is 24.5 Å². The maximum atomic E-state index is 12.4. The quantitative estimate of drug-likeness (QED) is 0.841. The second-order valence-corrected chi connectivity index (χ2v) is 5.54. The number of rotatable bonds is 4. The molecule has 1 aromatic rings. The van der Waals surface area contributed by atoms with Gasteiger partial charge in [-0.15, -0.1) is 0 Å². The molecule has 2 aliphatic rings. The highest BCUT2D eigenvalue weighted by molar-refractivity contribution is 5.81. The van der Waals surface area contributed by atoms with E-state index in [1.54, 1.807) is 0 Å². The first-order valence-corrected chi connectivity index (χ1v) is 7.09. The van der Waals surface area contributed by atoms with Crippen molar-refractivity contribution in [2.24, 2.45) is 11.8 Å². The highest BCUT2D eigenvalue weighted by atomic mass is 16.6. The lowest BCUT2D eigenvalue weighted by atomic mass is 10.1. The predicted molar refractivity (Wildman–Crippen MR) is 73.5 cm³/mol. The summed E-state index contributed by atoms with van der Waals surface area (Å²) in [7, 11) is 0. The van der Waals surface area contributed by atoms with Crippen LogP contribution < -0.4 is 5.90 Å². The zero-order valence-corrected chi connectivity index (χ0v) is 11.4. The molecule has 0 bridgehead atoms. The minimum atomic E-state index is -0.692. The van der Waals surface area contributed by atoms with E-state index in [1.807, 2.05) is 35.2 Å². The van der Waals surface area contributed by atoms with E-state index in [2.05, 4.69) is 0 Å². The number of carbonyl (C=O) groups excluding carboxylic acids is 1. The van der Waals surface area contributed by atoms with Gasteiger partial charge in [0.2, 0.25) is 0 Å². The first-order chi connectivity index (χ1) is 9.78. The van der Waals surface area contributed by atoms with Crippen molar-refractivity contribution < 1.29 is 14.4 Å². The molecular weight excluding hydrogens is 256 g/mol. The second kappa shape index (κ2) is 5.91. The van der Waals surface area contributed by atoms with Gasteiger partial charge >= 0.3 is 0 Å². The Morgan fingerprint density at radius 3 is 2.70 bits per heavy atom. The van der Waals surface area contributed by atoms with Crippen LogP contribution in [0.5, 0.6) is 0 Å². The van der Waals surface area contributed by atoms with Crippen molar-refractivity contribution in [2.45, 2.75) is 25.0 Å². The number of carbonyl (C=O) groups is 1. The topological polar surface area (TPSA) is 64.8 Å². The molecule has 1 saturated carbocycles. The summed E-state index contributed by atoms with van der Waals surface area (Å²) in [5.41, 5.74) is 1.08. The van der Waals surface area contributed by atoms with Crippen LogP contribution in [0, 0.1) is 5.92 Å². The van der Waals surface area contributed by atoms with Crippen LogP contribution >= 0.6 is 0 Å². The minimum absolute atomic E-state index is 0.0576. The highest BCUT2D eigenvalue weighted by Crippen LogP contribution is 2.32. The van der Waals surface area contributed by atoms with E-state index < -0.39 is 6.10 Å². The molecule has 1 saturated heterocycles. The van der Waals surface area contributed by atoms with Gasteiger partial charge in [0.1, 0.15) is 6.10 Å². The smallest absolute Gasteiger partial charge is 0.256 e. The molecule has 108 valence electrons. The van der Waals surface area contributed by atoms with Gasteiger partial charge in [-0.3, -0.25) is 9.63 Å². The molecule has 2 atom stereocenters. The molecular formula is C15H20N2O3. The maximum absolute atomic E-state index is 12.4. The number of hydrogen-bond donors (Lipinski definition) is 1. The van der Waals surface area contributed by atoms with Crippen molar-refractivity contribution in [1.29, 1.82) is 0 Å². The van der Waals surface area contributed by atoms with Gasteiger partial charge in [-0.05, 0) is 24.3 Å². The average Bonchev–Trinajstić information content (AvgIpc) is 3.30. The molecule has 1 heterocycles. The van der Waals surface area contributed by atoms with E-state index in [0.29, 0.717) is 12.5 Å². The summed E-state index contributed by atoms with van der Waals surface area (Å²) in [6.45, 7) is 1.56. The number of nitrogens with two attached hydrogens (primary N) is 1. The van der Waals surface area contributed by atoms with Gasteiger partial charge in [0, 0.05) is 6.54 Å². The molecule has 0 spiro atoms. The Labute approximate surface area is 118 Å². The van der Waals surface area contributed by atoms with Gasteiger partial charge in [-0.2, -0.15) is 0 Å². The highest BCUT2D eigenvalue weighted by Gasteiger charge is 2.35. The van der Waals surface area contributed by atoms with Crippen LogP contribution in [0.25, 0.3) is 0 Å². The predicted octanol–water partition coefficient (Wildman–Crippen LogP) is 1.26.